The molecule has 0 saturated heterocycles. The maximum absolute atomic E-state index is 10.5. The summed E-state index contributed by atoms with van der Waals surface area (Å²) in [4.78, 5) is 16.3. The van der Waals surface area contributed by atoms with Crippen LogP contribution in [0, 0.1) is 0 Å². The zero-order valence-electron chi connectivity index (χ0n) is 15.0. The summed E-state index contributed by atoms with van der Waals surface area (Å²) in [5, 5.41) is 15.1. The van der Waals surface area contributed by atoms with E-state index in [1.165, 1.54) is 16.9 Å². The van der Waals surface area contributed by atoms with Gasteiger partial charge in [0.2, 0.25) is 0 Å². The van der Waals surface area contributed by atoms with E-state index in [1.807, 2.05) is 25.3 Å². The molecule has 1 aliphatic rings. The third-order valence-corrected chi connectivity index (χ3v) is 6.67. The summed E-state index contributed by atoms with van der Waals surface area (Å²) < 4.78 is 0. The van der Waals surface area contributed by atoms with Gasteiger partial charge in [-0.15, -0.1) is 11.3 Å². The molecule has 0 bridgehead atoms. The van der Waals surface area contributed by atoms with Crippen LogP contribution in [-0.2, 0) is 12.8 Å². The van der Waals surface area contributed by atoms with Crippen molar-refractivity contribution < 1.29 is 5.11 Å². The highest BCUT2D eigenvalue weighted by molar-refractivity contribution is 7.98. The van der Waals surface area contributed by atoms with Crippen LogP contribution in [0.3, 0.4) is 0 Å². The monoisotopic (exact) mass is 386 g/mol. The molecule has 3 aromatic rings. The van der Waals surface area contributed by atoms with Gasteiger partial charge in [0.05, 0.1) is 11.0 Å². The Morgan fingerprint density at radius 2 is 2.23 bits per heavy atom. The number of nitrogens with zero attached hydrogens (tertiary/aromatic N) is 3. The predicted octanol–water partition coefficient (Wildman–Crippen LogP) is 3.77. The lowest BCUT2D eigenvalue weighted by Crippen LogP contribution is -2.36. The van der Waals surface area contributed by atoms with Gasteiger partial charge >= 0.3 is 0 Å². The average Bonchev–Trinajstić information content (AvgIpc) is 3.21. The van der Waals surface area contributed by atoms with Crippen molar-refractivity contribution in [3.05, 3.63) is 35.0 Å². The Kier molecular flexibility index (Phi) is 4.86. The molecule has 1 atom stereocenters. The molecular formula is C19H22N4OS2. The Labute approximate surface area is 161 Å². The van der Waals surface area contributed by atoms with E-state index in [1.54, 1.807) is 35.5 Å². The summed E-state index contributed by atoms with van der Waals surface area (Å²) in [6.45, 7) is 2.31. The lowest BCUT2D eigenvalue weighted by atomic mass is 10.1. The molecule has 0 spiro atoms. The van der Waals surface area contributed by atoms with Crippen LogP contribution in [0.1, 0.15) is 23.8 Å². The molecule has 1 unspecified atom stereocenters. The van der Waals surface area contributed by atoms with Gasteiger partial charge in [0.15, 0.2) is 5.82 Å². The van der Waals surface area contributed by atoms with Crippen molar-refractivity contribution in [3.8, 4) is 11.4 Å². The van der Waals surface area contributed by atoms with Crippen molar-refractivity contribution >= 4 is 39.1 Å². The van der Waals surface area contributed by atoms with E-state index in [0.717, 1.165) is 34.4 Å². The van der Waals surface area contributed by atoms with E-state index in [-0.39, 0.29) is 0 Å². The maximum atomic E-state index is 10.5. The Bertz CT molecular complexity index is 924. The molecule has 7 heteroatoms. The minimum Gasteiger partial charge on any atom is -0.387 e. The van der Waals surface area contributed by atoms with Crippen molar-refractivity contribution in [2.24, 2.45) is 0 Å². The highest BCUT2D eigenvalue weighted by Crippen LogP contribution is 2.40. The number of hydrogen-bond acceptors (Lipinski definition) is 7. The standard InChI is InChI=1S/C19H22N4OS2/c1-19(24,11-25-2)10-21-17-15-13-6-3-7-14(13)26-18(15)23-16(22-17)12-5-4-8-20-9-12/h4-5,8-9,24H,3,6-7,10-11H2,1-2H3,(H,21,22,23). The number of pyridine rings is 1. The molecule has 0 aromatic carbocycles. The summed E-state index contributed by atoms with van der Waals surface area (Å²) in [7, 11) is 0. The molecule has 3 aromatic heterocycles. The van der Waals surface area contributed by atoms with Crippen LogP contribution < -0.4 is 5.32 Å². The molecule has 0 aliphatic heterocycles. The van der Waals surface area contributed by atoms with Gasteiger partial charge in [0.25, 0.3) is 0 Å². The summed E-state index contributed by atoms with van der Waals surface area (Å²) in [5.74, 6) is 2.18. The molecule has 0 radical (unpaired) electrons. The number of aryl methyl sites for hydroxylation is 2. The van der Waals surface area contributed by atoms with Gasteiger partial charge in [-0.3, -0.25) is 4.98 Å². The molecule has 1 aliphatic carbocycles. The van der Waals surface area contributed by atoms with Crippen LogP contribution in [0.15, 0.2) is 24.5 Å². The number of fused-ring (bicyclic) bond motifs is 3. The Hall–Kier alpha value is -1.70. The van der Waals surface area contributed by atoms with E-state index in [2.05, 4.69) is 10.3 Å². The number of nitrogens with one attached hydrogen (secondary N) is 1. The lowest BCUT2D eigenvalue weighted by Gasteiger charge is -2.23. The van der Waals surface area contributed by atoms with Crippen molar-refractivity contribution in [1.29, 1.82) is 0 Å². The number of rotatable bonds is 6. The van der Waals surface area contributed by atoms with Gasteiger partial charge in [-0.2, -0.15) is 11.8 Å². The quantitative estimate of drug-likeness (QED) is 0.672. The molecule has 2 N–H and O–H groups in total. The Morgan fingerprint density at radius 3 is 3.00 bits per heavy atom. The van der Waals surface area contributed by atoms with E-state index >= 15 is 0 Å². The second kappa shape index (κ2) is 7.13. The fourth-order valence-electron chi connectivity index (χ4n) is 3.38. The summed E-state index contributed by atoms with van der Waals surface area (Å²) in [6.07, 6.45) is 8.95. The van der Waals surface area contributed by atoms with Gasteiger partial charge in [-0.1, -0.05) is 0 Å². The fraction of sp³-hybridized carbons (Fsp3) is 0.421. The van der Waals surface area contributed by atoms with Gasteiger partial charge in [-0.05, 0) is 50.1 Å². The fourth-order valence-corrected chi connectivity index (χ4v) is 5.37. The van der Waals surface area contributed by atoms with Gasteiger partial charge in [0, 0.05) is 35.1 Å². The largest absolute Gasteiger partial charge is 0.387 e. The topological polar surface area (TPSA) is 70.9 Å². The zero-order valence-corrected chi connectivity index (χ0v) is 16.6. The highest BCUT2D eigenvalue weighted by Gasteiger charge is 2.25. The Morgan fingerprint density at radius 1 is 1.35 bits per heavy atom. The summed E-state index contributed by atoms with van der Waals surface area (Å²) in [6, 6.07) is 3.87. The summed E-state index contributed by atoms with van der Waals surface area (Å²) in [5.41, 5.74) is 1.50. The van der Waals surface area contributed by atoms with Crippen molar-refractivity contribution in [3.63, 3.8) is 0 Å². The zero-order chi connectivity index (χ0) is 18.1. The number of anilines is 1. The molecule has 0 saturated carbocycles. The molecule has 26 heavy (non-hydrogen) atoms. The van der Waals surface area contributed by atoms with E-state index in [9.17, 15) is 5.11 Å². The minimum absolute atomic E-state index is 0.455. The number of thiophene rings is 1. The van der Waals surface area contributed by atoms with Gasteiger partial charge < -0.3 is 10.4 Å². The molecule has 0 amide bonds. The number of hydrogen-bond donors (Lipinski definition) is 2. The van der Waals surface area contributed by atoms with Gasteiger partial charge in [-0.25, -0.2) is 9.97 Å². The van der Waals surface area contributed by atoms with Crippen molar-refractivity contribution in [1.82, 2.24) is 15.0 Å². The van der Waals surface area contributed by atoms with Crippen LogP contribution in [0.25, 0.3) is 21.6 Å². The Balaban J connectivity index is 1.78. The van der Waals surface area contributed by atoms with Crippen LogP contribution in [0.4, 0.5) is 5.82 Å². The molecule has 4 rings (SSSR count). The predicted molar refractivity (Wildman–Crippen MR) is 110 cm³/mol. The molecule has 0 fully saturated rings. The third kappa shape index (κ3) is 3.43. The second-order valence-electron chi connectivity index (χ2n) is 6.96. The highest BCUT2D eigenvalue weighted by atomic mass is 32.2. The van der Waals surface area contributed by atoms with Gasteiger partial charge in [0.1, 0.15) is 10.6 Å². The summed E-state index contributed by atoms with van der Waals surface area (Å²) >= 11 is 3.42. The van der Waals surface area contributed by atoms with Crippen molar-refractivity contribution in [2.45, 2.75) is 31.8 Å². The minimum atomic E-state index is -0.787. The van der Waals surface area contributed by atoms with Crippen LogP contribution >= 0.6 is 23.1 Å². The smallest absolute Gasteiger partial charge is 0.164 e. The number of aliphatic hydroxyl groups is 1. The second-order valence-corrected chi connectivity index (χ2v) is 8.91. The maximum Gasteiger partial charge on any atom is 0.164 e. The SMILES string of the molecule is CSCC(C)(O)CNc1nc(-c2cccnc2)nc2sc3c(c12)CCC3. The first kappa shape index (κ1) is 17.7. The molecule has 136 valence electrons. The lowest BCUT2D eigenvalue weighted by molar-refractivity contribution is 0.0996. The molecule has 3 heterocycles. The first-order valence-electron chi connectivity index (χ1n) is 8.75. The number of aromatic nitrogens is 3. The normalized spacial score (nSPS) is 15.8. The first-order chi connectivity index (χ1) is 12.6. The average molecular weight is 387 g/mol. The van der Waals surface area contributed by atoms with E-state index < -0.39 is 5.60 Å². The van der Waals surface area contributed by atoms with Crippen LogP contribution in [0.5, 0.6) is 0 Å². The molecule has 5 nitrogen and oxygen atoms in total. The van der Waals surface area contributed by atoms with Crippen LogP contribution in [0.2, 0.25) is 0 Å². The van der Waals surface area contributed by atoms with Crippen molar-refractivity contribution in [2.75, 3.05) is 23.9 Å². The van der Waals surface area contributed by atoms with E-state index in [4.69, 9.17) is 9.97 Å². The molecular weight excluding hydrogens is 364 g/mol. The van der Waals surface area contributed by atoms with E-state index in [0.29, 0.717) is 18.1 Å². The first-order valence-corrected chi connectivity index (χ1v) is 11.0. The number of thioether (sulfide) groups is 1. The van der Waals surface area contributed by atoms with Crippen LogP contribution in [-0.4, -0.2) is 44.2 Å². The third-order valence-electron chi connectivity index (χ3n) is 4.58.